The van der Waals surface area contributed by atoms with Gasteiger partial charge >= 0.3 is 0 Å². The third-order valence-electron chi connectivity index (χ3n) is 3.95. The Bertz CT molecular complexity index is 175. The van der Waals surface area contributed by atoms with Crippen LogP contribution in [0.15, 0.2) is 0 Å². The summed E-state index contributed by atoms with van der Waals surface area (Å²) in [5, 5.41) is 0. The molecule has 88 valence electrons. The van der Waals surface area contributed by atoms with Gasteiger partial charge in [0.05, 0.1) is 13.2 Å². The van der Waals surface area contributed by atoms with Crippen LogP contribution in [0.3, 0.4) is 0 Å². The SMILES string of the molecule is CC1CCCC1CCCC1OCCCO1. The number of rotatable bonds is 4. The summed E-state index contributed by atoms with van der Waals surface area (Å²) in [6.07, 6.45) is 9.27. The molecule has 15 heavy (non-hydrogen) atoms. The Labute approximate surface area is 93.3 Å². The van der Waals surface area contributed by atoms with Crippen LogP contribution in [0.25, 0.3) is 0 Å². The third-order valence-corrected chi connectivity index (χ3v) is 3.95. The van der Waals surface area contributed by atoms with Gasteiger partial charge in [-0.2, -0.15) is 0 Å². The van der Waals surface area contributed by atoms with E-state index in [1.807, 2.05) is 0 Å². The smallest absolute Gasteiger partial charge is 0.157 e. The monoisotopic (exact) mass is 212 g/mol. The second-order valence-electron chi connectivity index (χ2n) is 5.12. The normalized spacial score (nSPS) is 33.4. The summed E-state index contributed by atoms with van der Waals surface area (Å²) in [4.78, 5) is 0. The molecular weight excluding hydrogens is 188 g/mol. The molecule has 1 aliphatic heterocycles. The van der Waals surface area contributed by atoms with E-state index in [4.69, 9.17) is 9.47 Å². The van der Waals surface area contributed by atoms with Gasteiger partial charge < -0.3 is 9.47 Å². The molecule has 2 fully saturated rings. The first-order chi connectivity index (χ1) is 7.36. The van der Waals surface area contributed by atoms with Crippen molar-refractivity contribution in [3.63, 3.8) is 0 Å². The van der Waals surface area contributed by atoms with E-state index >= 15 is 0 Å². The lowest BCUT2D eigenvalue weighted by molar-refractivity contribution is -0.181. The van der Waals surface area contributed by atoms with Crippen LogP contribution in [-0.2, 0) is 9.47 Å². The average Bonchev–Trinajstić information content (AvgIpc) is 2.66. The second-order valence-corrected chi connectivity index (χ2v) is 5.12. The van der Waals surface area contributed by atoms with E-state index in [0.717, 1.165) is 37.9 Å². The highest BCUT2D eigenvalue weighted by Crippen LogP contribution is 2.34. The standard InChI is InChI=1S/C13H24O2/c1-11-5-2-6-12(11)7-3-8-13-14-9-4-10-15-13/h11-13H,2-10H2,1H3. The summed E-state index contributed by atoms with van der Waals surface area (Å²) in [7, 11) is 0. The van der Waals surface area contributed by atoms with Gasteiger partial charge in [-0.05, 0) is 31.1 Å². The highest BCUT2D eigenvalue weighted by atomic mass is 16.7. The lowest BCUT2D eigenvalue weighted by atomic mass is 9.92. The van der Waals surface area contributed by atoms with Crippen molar-refractivity contribution in [2.45, 2.75) is 58.2 Å². The molecule has 1 aliphatic carbocycles. The summed E-state index contributed by atoms with van der Waals surface area (Å²) in [5.41, 5.74) is 0. The van der Waals surface area contributed by atoms with Crippen LogP contribution >= 0.6 is 0 Å². The highest BCUT2D eigenvalue weighted by Gasteiger charge is 2.23. The van der Waals surface area contributed by atoms with Crippen molar-refractivity contribution in [2.24, 2.45) is 11.8 Å². The molecule has 0 N–H and O–H groups in total. The molecule has 0 aromatic carbocycles. The molecule has 0 radical (unpaired) electrons. The van der Waals surface area contributed by atoms with Gasteiger partial charge in [-0.3, -0.25) is 0 Å². The third kappa shape index (κ3) is 3.46. The molecule has 2 atom stereocenters. The molecule has 2 rings (SSSR count). The van der Waals surface area contributed by atoms with Crippen LogP contribution in [0, 0.1) is 11.8 Å². The van der Waals surface area contributed by atoms with Gasteiger partial charge in [0.1, 0.15) is 0 Å². The van der Waals surface area contributed by atoms with E-state index in [1.54, 1.807) is 0 Å². The predicted octanol–water partition coefficient (Wildman–Crippen LogP) is 3.36. The fourth-order valence-corrected chi connectivity index (χ4v) is 2.90. The molecule has 0 aromatic heterocycles. The quantitative estimate of drug-likeness (QED) is 0.711. The number of hydrogen-bond donors (Lipinski definition) is 0. The van der Waals surface area contributed by atoms with Gasteiger partial charge in [0.2, 0.25) is 0 Å². The molecule has 2 aliphatic rings. The minimum Gasteiger partial charge on any atom is -0.353 e. The minimum absolute atomic E-state index is 0.107. The van der Waals surface area contributed by atoms with Crippen LogP contribution < -0.4 is 0 Å². The predicted molar refractivity (Wildman–Crippen MR) is 60.7 cm³/mol. The van der Waals surface area contributed by atoms with Crippen LogP contribution in [0.5, 0.6) is 0 Å². The lowest BCUT2D eigenvalue weighted by Crippen LogP contribution is -2.24. The highest BCUT2D eigenvalue weighted by molar-refractivity contribution is 4.74. The first-order valence-corrected chi connectivity index (χ1v) is 6.59. The fourth-order valence-electron chi connectivity index (χ4n) is 2.90. The summed E-state index contributed by atoms with van der Waals surface area (Å²) < 4.78 is 11.1. The molecule has 0 aromatic rings. The van der Waals surface area contributed by atoms with Crippen LogP contribution in [-0.4, -0.2) is 19.5 Å². The second kappa shape index (κ2) is 5.86. The molecule has 2 unspecified atom stereocenters. The Hall–Kier alpha value is -0.0800. The zero-order chi connectivity index (χ0) is 10.5. The van der Waals surface area contributed by atoms with Gasteiger partial charge in [0.25, 0.3) is 0 Å². The van der Waals surface area contributed by atoms with Gasteiger partial charge in [-0.1, -0.05) is 32.6 Å². The van der Waals surface area contributed by atoms with E-state index in [-0.39, 0.29) is 6.29 Å². The average molecular weight is 212 g/mol. The Morgan fingerprint density at radius 3 is 2.47 bits per heavy atom. The Balaban J connectivity index is 1.57. The molecule has 0 bridgehead atoms. The summed E-state index contributed by atoms with van der Waals surface area (Å²) in [5.74, 6) is 1.94. The topological polar surface area (TPSA) is 18.5 Å². The van der Waals surface area contributed by atoms with Crippen molar-refractivity contribution in [1.29, 1.82) is 0 Å². The van der Waals surface area contributed by atoms with Gasteiger partial charge in [0.15, 0.2) is 6.29 Å². The molecular formula is C13H24O2. The molecule has 1 saturated heterocycles. The van der Waals surface area contributed by atoms with Gasteiger partial charge in [0, 0.05) is 0 Å². The van der Waals surface area contributed by atoms with E-state index in [0.29, 0.717) is 0 Å². The maximum atomic E-state index is 5.55. The number of hydrogen-bond acceptors (Lipinski definition) is 2. The number of ether oxygens (including phenoxy) is 2. The van der Waals surface area contributed by atoms with Crippen molar-refractivity contribution in [2.75, 3.05) is 13.2 Å². The fraction of sp³-hybridized carbons (Fsp3) is 1.00. The molecule has 1 saturated carbocycles. The van der Waals surface area contributed by atoms with Crippen molar-refractivity contribution in [3.05, 3.63) is 0 Å². The first-order valence-electron chi connectivity index (χ1n) is 6.59. The summed E-state index contributed by atoms with van der Waals surface area (Å²) in [6, 6.07) is 0. The Morgan fingerprint density at radius 1 is 1.00 bits per heavy atom. The maximum absolute atomic E-state index is 5.55. The summed E-state index contributed by atoms with van der Waals surface area (Å²) in [6.45, 7) is 4.19. The van der Waals surface area contributed by atoms with Crippen molar-refractivity contribution in [1.82, 2.24) is 0 Å². The van der Waals surface area contributed by atoms with Crippen molar-refractivity contribution >= 4 is 0 Å². The van der Waals surface area contributed by atoms with Gasteiger partial charge in [-0.25, -0.2) is 0 Å². The molecule has 2 nitrogen and oxygen atoms in total. The Morgan fingerprint density at radius 2 is 1.80 bits per heavy atom. The zero-order valence-corrected chi connectivity index (χ0v) is 9.91. The molecule has 0 amide bonds. The zero-order valence-electron chi connectivity index (χ0n) is 9.91. The van der Waals surface area contributed by atoms with E-state index in [2.05, 4.69) is 6.92 Å². The van der Waals surface area contributed by atoms with E-state index < -0.39 is 0 Å². The lowest BCUT2D eigenvalue weighted by Gasteiger charge is -2.24. The van der Waals surface area contributed by atoms with Crippen molar-refractivity contribution in [3.8, 4) is 0 Å². The largest absolute Gasteiger partial charge is 0.353 e. The molecule has 0 spiro atoms. The maximum Gasteiger partial charge on any atom is 0.157 e. The van der Waals surface area contributed by atoms with Gasteiger partial charge in [-0.15, -0.1) is 0 Å². The van der Waals surface area contributed by atoms with Crippen LogP contribution in [0.1, 0.15) is 51.9 Å². The summed E-state index contributed by atoms with van der Waals surface area (Å²) >= 11 is 0. The van der Waals surface area contributed by atoms with E-state index in [1.165, 1.54) is 32.1 Å². The first kappa shape index (κ1) is 11.4. The van der Waals surface area contributed by atoms with E-state index in [9.17, 15) is 0 Å². The van der Waals surface area contributed by atoms with Crippen LogP contribution in [0.2, 0.25) is 0 Å². The molecule has 1 heterocycles. The Kier molecular flexibility index (Phi) is 4.45. The minimum atomic E-state index is 0.107. The van der Waals surface area contributed by atoms with Crippen molar-refractivity contribution < 1.29 is 9.47 Å². The molecule has 2 heteroatoms. The van der Waals surface area contributed by atoms with Crippen LogP contribution in [0.4, 0.5) is 0 Å².